The summed E-state index contributed by atoms with van der Waals surface area (Å²) in [5, 5.41) is 0. The predicted molar refractivity (Wildman–Crippen MR) is 106 cm³/mol. The minimum atomic E-state index is -0.717. The Balaban J connectivity index is 1.98. The average molecular weight is 407 g/mol. The fourth-order valence-corrected chi connectivity index (χ4v) is 4.55. The monoisotopic (exact) mass is 406 g/mol. The van der Waals surface area contributed by atoms with Gasteiger partial charge in [-0.2, -0.15) is 0 Å². The Morgan fingerprint density at radius 3 is 1.77 bits per heavy atom. The standard InChI is InChI=1S/C23H19BrO2/c1-26-21(25)23(19-12-14-20(24)15-13-19)16-22(23,17-8-4-2-5-9-17)18-10-6-3-7-11-18/h2-15H,16H2,1H3. The van der Waals surface area contributed by atoms with E-state index in [1.165, 1.54) is 7.11 Å². The lowest BCUT2D eigenvalue weighted by molar-refractivity contribution is -0.144. The molecule has 4 rings (SSSR count). The summed E-state index contributed by atoms with van der Waals surface area (Å²) in [5.74, 6) is -0.187. The van der Waals surface area contributed by atoms with Crippen molar-refractivity contribution in [3.05, 3.63) is 106 Å². The third kappa shape index (κ3) is 2.34. The third-order valence-electron chi connectivity index (χ3n) is 5.54. The lowest BCUT2D eigenvalue weighted by Gasteiger charge is -2.26. The van der Waals surface area contributed by atoms with Crippen LogP contribution in [-0.2, 0) is 20.4 Å². The fraction of sp³-hybridized carbons (Fsp3) is 0.174. The van der Waals surface area contributed by atoms with Gasteiger partial charge in [-0.3, -0.25) is 4.79 Å². The summed E-state index contributed by atoms with van der Waals surface area (Å²) in [7, 11) is 1.47. The molecule has 3 aromatic rings. The van der Waals surface area contributed by atoms with Gasteiger partial charge in [0.15, 0.2) is 0 Å². The van der Waals surface area contributed by atoms with Crippen LogP contribution in [0.25, 0.3) is 0 Å². The van der Waals surface area contributed by atoms with Gasteiger partial charge >= 0.3 is 5.97 Å². The maximum atomic E-state index is 13.1. The molecule has 0 aromatic heterocycles. The van der Waals surface area contributed by atoms with Crippen LogP contribution in [-0.4, -0.2) is 13.1 Å². The smallest absolute Gasteiger partial charge is 0.317 e. The van der Waals surface area contributed by atoms with Crippen LogP contribution in [0.5, 0.6) is 0 Å². The Kier molecular flexibility index (Phi) is 4.20. The topological polar surface area (TPSA) is 26.3 Å². The van der Waals surface area contributed by atoms with E-state index in [4.69, 9.17) is 4.74 Å². The highest BCUT2D eigenvalue weighted by molar-refractivity contribution is 9.10. The number of methoxy groups -OCH3 is 1. The molecule has 0 aliphatic heterocycles. The zero-order chi connectivity index (χ0) is 18.2. The van der Waals surface area contributed by atoms with Crippen LogP contribution in [0.15, 0.2) is 89.4 Å². The SMILES string of the molecule is COC(=O)C1(c2ccc(Br)cc2)CC1(c1ccccc1)c1ccccc1. The van der Waals surface area contributed by atoms with Crippen molar-refractivity contribution in [1.29, 1.82) is 0 Å². The summed E-state index contributed by atoms with van der Waals surface area (Å²) in [6.45, 7) is 0. The number of benzene rings is 3. The van der Waals surface area contributed by atoms with Crippen molar-refractivity contribution >= 4 is 21.9 Å². The molecule has 2 nitrogen and oxygen atoms in total. The van der Waals surface area contributed by atoms with E-state index in [2.05, 4.69) is 40.2 Å². The van der Waals surface area contributed by atoms with E-state index < -0.39 is 10.8 Å². The van der Waals surface area contributed by atoms with E-state index in [0.717, 1.165) is 21.2 Å². The third-order valence-corrected chi connectivity index (χ3v) is 6.07. The Morgan fingerprint density at radius 2 is 1.31 bits per heavy atom. The Bertz CT molecular complexity index is 880. The van der Waals surface area contributed by atoms with Crippen LogP contribution in [0, 0.1) is 0 Å². The molecule has 0 bridgehead atoms. The van der Waals surface area contributed by atoms with E-state index in [0.29, 0.717) is 6.42 Å². The summed E-state index contributed by atoms with van der Waals surface area (Å²) in [4.78, 5) is 13.1. The Morgan fingerprint density at radius 1 is 0.808 bits per heavy atom. The quantitative estimate of drug-likeness (QED) is 0.553. The predicted octanol–water partition coefficient (Wildman–Crippen LogP) is 5.25. The molecule has 1 saturated carbocycles. The van der Waals surface area contributed by atoms with Gasteiger partial charge in [0.25, 0.3) is 0 Å². The van der Waals surface area contributed by atoms with E-state index >= 15 is 0 Å². The van der Waals surface area contributed by atoms with Crippen molar-refractivity contribution in [1.82, 2.24) is 0 Å². The molecule has 0 radical (unpaired) electrons. The maximum absolute atomic E-state index is 13.1. The molecule has 0 amide bonds. The minimum Gasteiger partial charge on any atom is -0.468 e. The highest BCUT2D eigenvalue weighted by Gasteiger charge is 2.74. The Labute approximate surface area is 162 Å². The zero-order valence-corrected chi connectivity index (χ0v) is 16.1. The lowest BCUT2D eigenvalue weighted by atomic mass is 9.77. The molecule has 1 fully saturated rings. The van der Waals surface area contributed by atoms with Gasteiger partial charge in [-0.1, -0.05) is 88.7 Å². The molecule has 3 aromatic carbocycles. The van der Waals surface area contributed by atoms with Crippen molar-refractivity contribution in [2.24, 2.45) is 0 Å². The van der Waals surface area contributed by atoms with E-state index in [1.807, 2.05) is 60.7 Å². The van der Waals surface area contributed by atoms with Gasteiger partial charge in [-0.25, -0.2) is 0 Å². The van der Waals surface area contributed by atoms with Gasteiger partial charge in [0.05, 0.1) is 7.11 Å². The van der Waals surface area contributed by atoms with Gasteiger partial charge in [0.2, 0.25) is 0 Å². The number of esters is 1. The second-order valence-corrected chi connectivity index (χ2v) is 7.63. The van der Waals surface area contributed by atoms with Gasteiger partial charge < -0.3 is 4.74 Å². The number of rotatable bonds is 4. The van der Waals surface area contributed by atoms with Crippen LogP contribution < -0.4 is 0 Å². The van der Waals surface area contributed by atoms with Gasteiger partial charge in [-0.05, 0) is 35.2 Å². The molecule has 0 N–H and O–H groups in total. The summed E-state index contributed by atoms with van der Waals surface area (Å²) in [6, 6.07) is 28.6. The summed E-state index contributed by atoms with van der Waals surface area (Å²) in [6.07, 6.45) is 0.697. The van der Waals surface area contributed by atoms with E-state index in [1.54, 1.807) is 0 Å². The Hall–Kier alpha value is -2.39. The van der Waals surface area contributed by atoms with Gasteiger partial charge in [0, 0.05) is 9.89 Å². The molecule has 130 valence electrons. The molecular formula is C23H19BrO2. The number of hydrogen-bond donors (Lipinski definition) is 0. The zero-order valence-electron chi connectivity index (χ0n) is 14.5. The van der Waals surface area contributed by atoms with E-state index in [-0.39, 0.29) is 5.97 Å². The summed E-state index contributed by atoms with van der Waals surface area (Å²) in [5.41, 5.74) is 2.13. The van der Waals surface area contributed by atoms with Crippen LogP contribution in [0.2, 0.25) is 0 Å². The van der Waals surface area contributed by atoms with Crippen LogP contribution in [0.4, 0.5) is 0 Å². The molecule has 0 saturated heterocycles. The summed E-state index contributed by atoms with van der Waals surface area (Å²) >= 11 is 3.49. The number of hydrogen-bond acceptors (Lipinski definition) is 2. The van der Waals surface area contributed by atoms with Crippen molar-refractivity contribution in [3.8, 4) is 0 Å². The van der Waals surface area contributed by atoms with Crippen LogP contribution in [0.1, 0.15) is 23.1 Å². The van der Waals surface area contributed by atoms with Crippen molar-refractivity contribution in [2.75, 3.05) is 7.11 Å². The molecule has 1 unspecified atom stereocenters. The van der Waals surface area contributed by atoms with Crippen molar-refractivity contribution in [3.63, 3.8) is 0 Å². The molecule has 1 aliphatic rings. The van der Waals surface area contributed by atoms with E-state index in [9.17, 15) is 4.79 Å². The maximum Gasteiger partial charge on any atom is 0.317 e. The average Bonchev–Trinajstić information content (AvgIpc) is 3.42. The van der Waals surface area contributed by atoms with Crippen molar-refractivity contribution in [2.45, 2.75) is 17.3 Å². The van der Waals surface area contributed by atoms with Crippen molar-refractivity contribution < 1.29 is 9.53 Å². The molecule has 0 heterocycles. The minimum absolute atomic E-state index is 0.187. The number of ether oxygens (including phenoxy) is 1. The second-order valence-electron chi connectivity index (χ2n) is 6.72. The molecular weight excluding hydrogens is 388 g/mol. The van der Waals surface area contributed by atoms with Crippen LogP contribution >= 0.6 is 15.9 Å². The van der Waals surface area contributed by atoms with Gasteiger partial charge in [-0.15, -0.1) is 0 Å². The highest BCUT2D eigenvalue weighted by Crippen LogP contribution is 2.69. The normalized spacial score (nSPS) is 20.4. The second kappa shape index (κ2) is 6.40. The van der Waals surface area contributed by atoms with Crippen LogP contribution in [0.3, 0.4) is 0 Å². The molecule has 1 aliphatic carbocycles. The summed E-state index contributed by atoms with van der Waals surface area (Å²) < 4.78 is 6.30. The van der Waals surface area contributed by atoms with Gasteiger partial charge in [0.1, 0.15) is 5.41 Å². The first-order chi connectivity index (χ1) is 12.6. The molecule has 3 heteroatoms. The molecule has 26 heavy (non-hydrogen) atoms. The number of carbonyl (C=O) groups excluding carboxylic acids is 1. The first-order valence-corrected chi connectivity index (χ1v) is 9.40. The molecule has 0 spiro atoms. The largest absolute Gasteiger partial charge is 0.468 e. The fourth-order valence-electron chi connectivity index (χ4n) is 4.28. The first kappa shape index (κ1) is 17.0. The number of carbonyl (C=O) groups is 1. The molecule has 1 atom stereocenters. The highest BCUT2D eigenvalue weighted by atomic mass is 79.9. The lowest BCUT2D eigenvalue weighted by Crippen LogP contribution is -2.32. The first-order valence-electron chi connectivity index (χ1n) is 8.61. The number of halogens is 1.